The van der Waals surface area contributed by atoms with Gasteiger partial charge < -0.3 is 9.47 Å². The summed E-state index contributed by atoms with van der Waals surface area (Å²) in [5, 5.41) is 11.3. The van der Waals surface area contributed by atoms with Gasteiger partial charge in [0.05, 0.1) is 18.4 Å². The van der Waals surface area contributed by atoms with Crippen LogP contribution < -0.4 is 14.8 Å². The molecule has 13 heteroatoms. The molecule has 2 aromatic carbocycles. The summed E-state index contributed by atoms with van der Waals surface area (Å²) < 4.78 is 51.0. The summed E-state index contributed by atoms with van der Waals surface area (Å²) in [5.74, 6) is -2.03. The number of esters is 1. The molecule has 35 heavy (non-hydrogen) atoms. The number of rotatable bonds is 8. The first kappa shape index (κ1) is 25.5. The van der Waals surface area contributed by atoms with Crippen molar-refractivity contribution in [1.82, 2.24) is 9.36 Å². The Bertz CT molecular complexity index is 1440. The molecule has 0 radical (unpaired) electrons. The van der Waals surface area contributed by atoms with Crippen LogP contribution in [0.15, 0.2) is 53.2 Å². The van der Waals surface area contributed by atoms with Crippen molar-refractivity contribution in [3.8, 4) is 17.6 Å². The van der Waals surface area contributed by atoms with Crippen molar-refractivity contribution in [1.29, 1.82) is 5.26 Å². The molecule has 1 aromatic heterocycles. The highest BCUT2D eigenvalue weighted by molar-refractivity contribution is 7.91. The molecule has 0 atom stereocenters. The Hall–Kier alpha value is -4.15. The number of methoxy groups -OCH3 is 1. The monoisotopic (exact) mass is 516 g/mol. The zero-order valence-electron chi connectivity index (χ0n) is 18.3. The minimum Gasteiger partial charge on any atom is -0.493 e. The number of halogens is 1. The molecular weight excluding hydrogens is 499 g/mol. The van der Waals surface area contributed by atoms with E-state index in [0.717, 1.165) is 12.1 Å². The minimum absolute atomic E-state index is 0.0699. The zero-order valence-corrected chi connectivity index (χ0v) is 19.9. The van der Waals surface area contributed by atoms with Gasteiger partial charge in [-0.05, 0) is 48.0 Å². The summed E-state index contributed by atoms with van der Waals surface area (Å²) in [6.45, 7) is 1.44. The number of hydrogen-bond acceptors (Lipinski definition) is 10. The Morgan fingerprint density at radius 2 is 1.91 bits per heavy atom. The second-order valence-electron chi connectivity index (χ2n) is 6.72. The van der Waals surface area contributed by atoms with Gasteiger partial charge in [0, 0.05) is 11.5 Å². The second kappa shape index (κ2) is 10.9. The molecule has 1 N–H and O–H groups in total. The van der Waals surface area contributed by atoms with E-state index < -0.39 is 32.7 Å². The maximum absolute atomic E-state index is 13.1. The lowest BCUT2D eigenvalue weighted by Crippen LogP contribution is -2.14. The predicted octanol–water partition coefficient (Wildman–Crippen LogP) is 3.24. The van der Waals surface area contributed by atoms with Gasteiger partial charge in [0.25, 0.3) is 11.1 Å². The maximum atomic E-state index is 13.1. The highest BCUT2D eigenvalue weighted by Crippen LogP contribution is 2.30. The molecule has 0 aliphatic carbocycles. The van der Waals surface area contributed by atoms with Gasteiger partial charge in [0.15, 0.2) is 11.5 Å². The van der Waals surface area contributed by atoms with Crippen molar-refractivity contribution in [2.45, 2.75) is 12.1 Å². The van der Waals surface area contributed by atoms with Crippen LogP contribution in [0.2, 0.25) is 0 Å². The fourth-order valence-corrected chi connectivity index (χ4v) is 4.18. The van der Waals surface area contributed by atoms with Crippen molar-refractivity contribution < 1.29 is 31.9 Å². The SMILES string of the molecule is CCS(=O)(=O)c1nsc(NC(=O)/C(C#N)=C\c2ccc(OC(=O)c3ccc(F)cc3)c(OC)c2)n1. The number of anilines is 1. The lowest BCUT2D eigenvalue weighted by Gasteiger charge is -2.10. The van der Waals surface area contributed by atoms with Crippen LogP contribution in [-0.4, -0.2) is 42.5 Å². The van der Waals surface area contributed by atoms with Crippen LogP contribution in [0, 0.1) is 17.1 Å². The molecule has 0 aliphatic rings. The molecule has 1 heterocycles. The van der Waals surface area contributed by atoms with E-state index in [9.17, 15) is 27.7 Å². The molecule has 1 amide bonds. The van der Waals surface area contributed by atoms with Gasteiger partial charge in [-0.3, -0.25) is 10.1 Å². The first-order valence-electron chi connectivity index (χ1n) is 9.82. The number of nitriles is 1. The Morgan fingerprint density at radius 3 is 2.54 bits per heavy atom. The Balaban J connectivity index is 1.78. The summed E-state index contributed by atoms with van der Waals surface area (Å²) in [6, 6.07) is 10.9. The van der Waals surface area contributed by atoms with Crippen molar-refractivity contribution in [2.75, 3.05) is 18.2 Å². The number of aromatic nitrogens is 2. The molecule has 0 unspecified atom stereocenters. The molecular formula is C22H17FN4O6S2. The van der Waals surface area contributed by atoms with Crippen molar-refractivity contribution in [3.05, 3.63) is 65.0 Å². The van der Waals surface area contributed by atoms with E-state index in [1.807, 2.05) is 0 Å². The van der Waals surface area contributed by atoms with Gasteiger partial charge >= 0.3 is 5.97 Å². The summed E-state index contributed by atoms with van der Waals surface area (Å²) in [7, 11) is -2.30. The van der Waals surface area contributed by atoms with Crippen molar-refractivity contribution in [2.24, 2.45) is 0 Å². The maximum Gasteiger partial charge on any atom is 0.343 e. The van der Waals surface area contributed by atoms with Crippen LogP contribution in [0.1, 0.15) is 22.8 Å². The topological polar surface area (TPSA) is 148 Å². The number of benzene rings is 2. The summed E-state index contributed by atoms with van der Waals surface area (Å²) in [6.07, 6.45) is 1.26. The molecule has 3 aromatic rings. The van der Waals surface area contributed by atoms with Crippen molar-refractivity contribution in [3.63, 3.8) is 0 Å². The Labute approximate surface area is 203 Å². The molecule has 180 valence electrons. The third-order valence-electron chi connectivity index (χ3n) is 4.43. The third-order valence-corrected chi connectivity index (χ3v) is 6.68. The molecule has 10 nitrogen and oxygen atoms in total. The summed E-state index contributed by atoms with van der Waals surface area (Å²) in [5.41, 5.74) is 0.201. The van der Waals surface area contributed by atoms with E-state index >= 15 is 0 Å². The quantitative estimate of drug-likeness (QED) is 0.206. The Morgan fingerprint density at radius 1 is 1.20 bits per heavy atom. The number of nitrogens with zero attached hydrogens (tertiary/aromatic N) is 3. The number of sulfone groups is 1. The number of amides is 1. The summed E-state index contributed by atoms with van der Waals surface area (Å²) >= 11 is 0.669. The molecule has 0 spiro atoms. The lowest BCUT2D eigenvalue weighted by molar-refractivity contribution is -0.112. The van der Waals surface area contributed by atoms with E-state index in [4.69, 9.17) is 9.47 Å². The summed E-state index contributed by atoms with van der Waals surface area (Å²) in [4.78, 5) is 28.6. The van der Waals surface area contributed by atoms with Gasteiger partial charge in [-0.2, -0.15) is 14.6 Å². The lowest BCUT2D eigenvalue weighted by atomic mass is 10.1. The van der Waals surface area contributed by atoms with Crippen molar-refractivity contribution >= 4 is 44.5 Å². The van der Waals surface area contributed by atoms with E-state index in [1.54, 1.807) is 6.07 Å². The number of hydrogen-bond donors (Lipinski definition) is 1. The van der Waals surface area contributed by atoms with Gasteiger partial charge in [-0.15, -0.1) is 0 Å². The van der Waals surface area contributed by atoms with Crippen LogP contribution >= 0.6 is 11.5 Å². The van der Waals surface area contributed by atoms with Gasteiger partial charge in [-0.25, -0.2) is 17.6 Å². The third kappa shape index (κ3) is 6.25. The first-order valence-corrected chi connectivity index (χ1v) is 12.2. The second-order valence-corrected chi connectivity index (χ2v) is 9.64. The van der Waals surface area contributed by atoms with Gasteiger partial charge in [0.2, 0.25) is 15.0 Å². The molecule has 0 saturated carbocycles. The largest absolute Gasteiger partial charge is 0.493 e. The fourth-order valence-electron chi connectivity index (χ4n) is 2.60. The molecule has 0 fully saturated rings. The predicted molar refractivity (Wildman–Crippen MR) is 124 cm³/mol. The molecule has 3 rings (SSSR count). The molecule has 0 aliphatic heterocycles. The van der Waals surface area contributed by atoms with Gasteiger partial charge in [0.1, 0.15) is 17.5 Å². The number of ether oxygens (including phenoxy) is 2. The van der Waals surface area contributed by atoms with Crippen LogP contribution in [0.25, 0.3) is 6.08 Å². The average Bonchev–Trinajstić information content (AvgIpc) is 3.32. The van der Waals surface area contributed by atoms with Crippen LogP contribution in [-0.2, 0) is 14.6 Å². The Kier molecular flexibility index (Phi) is 7.90. The smallest absolute Gasteiger partial charge is 0.343 e. The normalized spacial score (nSPS) is 11.4. The zero-order chi connectivity index (χ0) is 25.6. The van der Waals surface area contributed by atoms with E-state index in [1.165, 1.54) is 50.4 Å². The highest BCUT2D eigenvalue weighted by atomic mass is 32.2. The number of nitrogens with one attached hydrogen (secondary N) is 1. The van der Waals surface area contributed by atoms with Crippen LogP contribution in [0.3, 0.4) is 0 Å². The van der Waals surface area contributed by atoms with Crippen LogP contribution in [0.5, 0.6) is 11.5 Å². The average molecular weight is 517 g/mol. The first-order chi connectivity index (χ1) is 16.7. The minimum atomic E-state index is -3.64. The number of carbonyl (C=O) groups is 2. The van der Waals surface area contributed by atoms with E-state index in [-0.39, 0.29) is 33.5 Å². The number of carbonyl (C=O) groups excluding carboxylic acids is 2. The fraction of sp³-hybridized carbons (Fsp3) is 0.136. The van der Waals surface area contributed by atoms with Gasteiger partial charge in [-0.1, -0.05) is 13.0 Å². The molecule has 0 saturated heterocycles. The van der Waals surface area contributed by atoms with E-state index in [2.05, 4.69) is 14.7 Å². The molecule has 0 bridgehead atoms. The highest BCUT2D eigenvalue weighted by Gasteiger charge is 2.20. The van der Waals surface area contributed by atoms with E-state index in [0.29, 0.717) is 17.1 Å². The van der Waals surface area contributed by atoms with Crippen LogP contribution in [0.4, 0.5) is 9.52 Å². The standard InChI is InChI=1S/C22H17FN4O6S2/c1-3-35(30,31)22-26-21(34-27-22)25-19(28)15(12-24)10-13-4-9-17(18(11-13)32-2)33-20(29)14-5-7-16(23)8-6-14/h4-11H,3H2,1-2H3,(H,25,26,27,28)/b15-10-.